The van der Waals surface area contributed by atoms with Crippen LogP contribution < -0.4 is 5.32 Å². The van der Waals surface area contributed by atoms with Crippen LogP contribution in [0.2, 0.25) is 0 Å². The van der Waals surface area contributed by atoms with Crippen LogP contribution in [0.4, 0.5) is 0 Å². The molecule has 1 aliphatic carbocycles. The molecule has 5 heteroatoms. The standard InChI is InChI=1S/C16H26N2O2S/c1-3-17-13-12-14-8-10-16(11-9-14)21(19,20)18(2)15-6-4-5-7-15/h8-11,15,17H,3-7,12-13H2,1-2H3. The molecular weight excluding hydrogens is 284 g/mol. The van der Waals surface area contributed by atoms with Gasteiger partial charge in [0, 0.05) is 13.1 Å². The normalized spacial score (nSPS) is 16.7. The number of hydrogen-bond acceptors (Lipinski definition) is 3. The van der Waals surface area contributed by atoms with E-state index in [1.54, 1.807) is 23.5 Å². The zero-order valence-electron chi connectivity index (χ0n) is 13.0. The van der Waals surface area contributed by atoms with E-state index in [4.69, 9.17) is 0 Å². The number of nitrogens with one attached hydrogen (secondary N) is 1. The molecule has 1 aromatic carbocycles. The Balaban J connectivity index is 2.05. The lowest BCUT2D eigenvalue weighted by Crippen LogP contribution is -2.35. The zero-order valence-corrected chi connectivity index (χ0v) is 13.8. The molecule has 0 heterocycles. The van der Waals surface area contributed by atoms with Crippen molar-refractivity contribution >= 4 is 10.0 Å². The van der Waals surface area contributed by atoms with Crippen LogP contribution in [0, 0.1) is 0 Å². The van der Waals surface area contributed by atoms with E-state index < -0.39 is 10.0 Å². The Labute approximate surface area is 128 Å². The highest BCUT2D eigenvalue weighted by atomic mass is 32.2. The summed E-state index contributed by atoms with van der Waals surface area (Å²) in [7, 11) is -1.63. The molecule has 0 atom stereocenters. The molecule has 1 saturated carbocycles. The Kier molecular flexibility index (Phi) is 5.79. The molecule has 0 aromatic heterocycles. The minimum atomic E-state index is -3.35. The molecule has 0 radical (unpaired) electrons. The van der Waals surface area contributed by atoms with E-state index in [1.165, 1.54) is 5.56 Å². The lowest BCUT2D eigenvalue weighted by Gasteiger charge is -2.23. The number of sulfonamides is 1. The van der Waals surface area contributed by atoms with Crippen LogP contribution >= 0.6 is 0 Å². The monoisotopic (exact) mass is 310 g/mol. The first kappa shape index (κ1) is 16.5. The molecule has 0 saturated heterocycles. The number of rotatable bonds is 7. The van der Waals surface area contributed by atoms with Crippen LogP contribution in [-0.4, -0.2) is 38.9 Å². The molecule has 2 rings (SSSR count). The molecule has 1 aliphatic rings. The van der Waals surface area contributed by atoms with Gasteiger partial charge >= 0.3 is 0 Å². The molecule has 0 spiro atoms. The van der Waals surface area contributed by atoms with Crippen molar-refractivity contribution in [1.82, 2.24) is 9.62 Å². The SMILES string of the molecule is CCNCCc1ccc(S(=O)(=O)N(C)C2CCCC2)cc1. The van der Waals surface area contributed by atoms with Gasteiger partial charge in [-0.05, 0) is 50.0 Å². The van der Waals surface area contributed by atoms with Gasteiger partial charge in [-0.3, -0.25) is 0 Å². The van der Waals surface area contributed by atoms with Gasteiger partial charge in [-0.1, -0.05) is 31.9 Å². The van der Waals surface area contributed by atoms with Crippen molar-refractivity contribution in [3.05, 3.63) is 29.8 Å². The Bertz CT molecular complexity index is 534. The average molecular weight is 310 g/mol. The van der Waals surface area contributed by atoms with E-state index in [0.717, 1.165) is 45.2 Å². The maximum atomic E-state index is 12.6. The van der Waals surface area contributed by atoms with Crippen LogP contribution in [0.15, 0.2) is 29.2 Å². The van der Waals surface area contributed by atoms with Crippen LogP contribution in [0.3, 0.4) is 0 Å². The van der Waals surface area contributed by atoms with Crippen molar-refractivity contribution in [3.8, 4) is 0 Å². The summed E-state index contributed by atoms with van der Waals surface area (Å²) < 4.78 is 26.8. The van der Waals surface area contributed by atoms with Gasteiger partial charge in [0.05, 0.1) is 4.90 Å². The van der Waals surface area contributed by atoms with Gasteiger partial charge in [0.1, 0.15) is 0 Å². The van der Waals surface area contributed by atoms with Crippen LogP contribution in [0.1, 0.15) is 38.2 Å². The van der Waals surface area contributed by atoms with Crippen LogP contribution in [0.25, 0.3) is 0 Å². The van der Waals surface area contributed by atoms with Crippen LogP contribution in [0.5, 0.6) is 0 Å². The summed E-state index contributed by atoms with van der Waals surface area (Å²) in [5.41, 5.74) is 1.17. The predicted octanol–water partition coefficient (Wildman–Crippen LogP) is 2.40. The lowest BCUT2D eigenvalue weighted by atomic mass is 10.1. The van der Waals surface area contributed by atoms with Gasteiger partial charge in [0.15, 0.2) is 0 Å². The molecule has 0 unspecified atom stereocenters. The fourth-order valence-corrected chi connectivity index (χ4v) is 4.28. The quantitative estimate of drug-likeness (QED) is 0.787. The fourth-order valence-electron chi connectivity index (χ4n) is 2.87. The summed E-state index contributed by atoms with van der Waals surface area (Å²) in [6.07, 6.45) is 5.15. The third kappa shape index (κ3) is 4.05. The topological polar surface area (TPSA) is 49.4 Å². The molecule has 1 N–H and O–H groups in total. The third-order valence-electron chi connectivity index (χ3n) is 4.28. The number of benzene rings is 1. The molecule has 1 fully saturated rings. The van der Waals surface area contributed by atoms with Gasteiger partial charge in [-0.25, -0.2) is 8.42 Å². The summed E-state index contributed by atoms with van der Waals surface area (Å²) in [5.74, 6) is 0. The summed E-state index contributed by atoms with van der Waals surface area (Å²) >= 11 is 0. The zero-order chi connectivity index (χ0) is 15.3. The number of nitrogens with zero attached hydrogens (tertiary/aromatic N) is 1. The van der Waals surface area contributed by atoms with E-state index in [-0.39, 0.29) is 6.04 Å². The van der Waals surface area contributed by atoms with Crippen molar-refractivity contribution in [2.45, 2.75) is 50.0 Å². The Hall–Kier alpha value is -0.910. The molecule has 118 valence electrons. The van der Waals surface area contributed by atoms with Gasteiger partial charge in [0.2, 0.25) is 10.0 Å². The predicted molar refractivity (Wildman–Crippen MR) is 85.9 cm³/mol. The lowest BCUT2D eigenvalue weighted by molar-refractivity contribution is 0.373. The van der Waals surface area contributed by atoms with Gasteiger partial charge < -0.3 is 5.32 Å². The van der Waals surface area contributed by atoms with E-state index in [0.29, 0.717) is 4.90 Å². The second-order valence-corrected chi connectivity index (χ2v) is 7.70. The van der Waals surface area contributed by atoms with Crippen molar-refractivity contribution in [2.24, 2.45) is 0 Å². The molecule has 21 heavy (non-hydrogen) atoms. The van der Waals surface area contributed by atoms with Crippen LogP contribution in [-0.2, 0) is 16.4 Å². The van der Waals surface area contributed by atoms with Crippen molar-refractivity contribution in [3.63, 3.8) is 0 Å². The average Bonchev–Trinajstić information content (AvgIpc) is 3.01. The second kappa shape index (κ2) is 7.38. The van der Waals surface area contributed by atoms with Gasteiger partial charge in [0.25, 0.3) is 0 Å². The smallest absolute Gasteiger partial charge is 0.243 e. The Morgan fingerprint density at radius 1 is 1.19 bits per heavy atom. The molecule has 0 bridgehead atoms. The third-order valence-corrected chi connectivity index (χ3v) is 6.20. The summed E-state index contributed by atoms with van der Waals surface area (Å²) in [6.45, 7) is 3.96. The van der Waals surface area contributed by atoms with E-state index in [1.807, 2.05) is 12.1 Å². The first-order valence-corrected chi connectivity index (χ1v) is 9.27. The van der Waals surface area contributed by atoms with Gasteiger partial charge in [-0.2, -0.15) is 4.31 Å². The maximum Gasteiger partial charge on any atom is 0.243 e. The number of hydrogen-bond donors (Lipinski definition) is 1. The van der Waals surface area contributed by atoms with Gasteiger partial charge in [-0.15, -0.1) is 0 Å². The van der Waals surface area contributed by atoms with E-state index >= 15 is 0 Å². The highest BCUT2D eigenvalue weighted by Crippen LogP contribution is 2.27. The van der Waals surface area contributed by atoms with Crippen molar-refractivity contribution in [2.75, 3.05) is 20.1 Å². The highest BCUT2D eigenvalue weighted by molar-refractivity contribution is 7.89. The Morgan fingerprint density at radius 3 is 2.38 bits per heavy atom. The molecule has 4 nitrogen and oxygen atoms in total. The maximum absolute atomic E-state index is 12.6. The molecule has 1 aromatic rings. The first-order chi connectivity index (χ1) is 10.1. The minimum absolute atomic E-state index is 0.170. The molecule has 0 amide bonds. The fraction of sp³-hybridized carbons (Fsp3) is 0.625. The molecule has 0 aliphatic heterocycles. The first-order valence-electron chi connectivity index (χ1n) is 7.83. The Morgan fingerprint density at radius 2 is 1.81 bits per heavy atom. The summed E-state index contributed by atoms with van der Waals surface area (Å²) in [4.78, 5) is 0.407. The largest absolute Gasteiger partial charge is 0.317 e. The minimum Gasteiger partial charge on any atom is -0.317 e. The molecular formula is C16H26N2O2S. The van der Waals surface area contributed by atoms with E-state index in [9.17, 15) is 8.42 Å². The second-order valence-electron chi connectivity index (χ2n) is 5.71. The van der Waals surface area contributed by atoms with Crippen molar-refractivity contribution < 1.29 is 8.42 Å². The summed E-state index contributed by atoms with van der Waals surface area (Å²) in [6, 6.07) is 7.49. The highest BCUT2D eigenvalue weighted by Gasteiger charge is 2.29. The summed E-state index contributed by atoms with van der Waals surface area (Å²) in [5, 5.41) is 3.27. The number of likely N-dealkylation sites (N-methyl/N-ethyl adjacent to an activating group) is 1. The van der Waals surface area contributed by atoms with Crippen molar-refractivity contribution in [1.29, 1.82) is 0 Å². The van der Waals surface area contributed by atoms with E-state index in [2.05, 4.69) is 12.2 Å².